The van der Waals surface area contributed by atoms with Gasteiger partial charge in [-0.05, 0) is 23.8 Å². The molecule has 2 aliphatic heterocycles. The second kappa shape index (κ2) is 5.80. The molecule has 0 bridgehead atoms. The van der Waals surface area contributed by atoms with E-state index in [1.54, 1.807) is 6.08 Å². The normalized spacial score (nSPS) is 16.4. The lowest BCUT2D eigenvalue weighted by atomic mass is 9.95. The van der Waals surface area contributed by atoms with Crippen LogP contribution in [0.15, 0.2) is 72.1 Å². The lowest BCUT2D eigenvalue weighted by Gasteiger charge is -2.30. The maximum Gasteiger partial charge on any atom is 0.333 e. The number of carboxylic acids is 1. The fraction of sp³-hybridized carbons (Fsp3) is 0.0625. The number of carbonyl (C=O) groups is 1. The van der Waals surface area contributed by atoms with Crippen molar-refractivity contribution in [3.63, 3.8) is 0 Å². The molecule has 0 saturated carbocycles. The molecule has 0 radical (unpaired) electrons. The summed E-state index contributed by atoms with van der Waals surface area (Å²) in [5, 5.41) is 9.23. The molecule has 0 aliphatic carbocycles. The van der Waals surface area contributed by atoms with Crippen LogP contribution in [0, 0.1) is 0 Å². The average molecular weight is 288 g/mol. The van der Waals surface area contributed by atoms with E-state index in [0.29, 0.717) is 12.1 Å². The number of hydrogen-bond donors (Lipinski definition) is 1. The predicted octanol–water partition coefficient (Wildman–Crippen LogP) is 3.23. The molecule has 4 heteroatoms. The number of fused-ring (bicyclic) bond motifs is 1. The zero-order valence-electron chi connectivity index (χ0n) is 10.7. The van der Waals surface area contributed by atoms with E-state index in [0.717, 1.165) is 16.8 Å². The highest BCUT2D eigenvalue weighted by Gasteiger charge is 2.22. The fourth-order valence-electron chi connectivity index (χ4n) is 2.31. The van der Waals surface area contributed by atoms with Gasteiger partial charge in [-0.15, -0.1) is 12.4 Å². The molecular weight excluding hydrogens is 274 g/mol. The third-order valence-electron chi connectivity index (χ3n) is 3.24. The van der Waals surface area contributed by atoms with Gasteiger partial charge in [0.15, 0.2) is 0 Å². The van der Waals surface area contributed by atoms with E-state index in [1.807, 2.05) is 59.7 Å². The van der Waals surface area contributed by atoms with Crippen LogP contribution in [0.3, 0.4) is 0 Å². The van der Waals surface area contributed by atoms with Crippen molar-refractivity contribution in [3.05, 3.63) is 77.7 Å². The van der Waals surface area contributed by atoms with E-state index in [-0.39, 0.29) is 12.4 Å². The molecule has 0 amide bonds. The van der Waals surface area contributed by atoms with Crippen LogP contribution in [0.25, 0.3) is 5.57 Å². The Morgan fingerprint density at radius 3 is 2.60 bits per heavy atom. The summed E-state index contributed by atoms with van der Waals surface area (Å²) < 4.78 is 0. The average Bonchev–Trinajstić information content (AvgIpc) is 2.47. The molecule has 2 heterocycles. The molecule has 0 aromatic heterocycles. The third-order valence-corrected chi connectivity index (χ3v) is 3.24. The highest BCUT2D eigenvalue weighted by molar-refractivity contribution is 5.94. The Balaban J connectivity index is 0.00000147. The number of benzene rings is 1. The standard InChI is InChI=1S/C16H13NO2.ClH/c18-16(19)13-10-14(12-6-2-1-3-7-12)15-8-4-5-9-17(15)11-13;/h1-10H,11H2,(H,18,19);1H. The van der Waals surface area contributed by atoms with E-state index in [9.17, 15) is 9.90 Å². The highest BCUT2D eigenvalue weighted by atomic mass is 35.5. The summed E-state index contributed by atoms with van der Waals surface area (Å²) in [4.78, 5) is 13.2. The first-order valence-corrected chi connectivity index (χ1v) is 6.11. The van der Waals surface area contributed by atoms with Crippen LogP contribution in [0.2, 0.25) is 0 Å². The van der Waals surface area contributed by atoms with Gasteiger partial charge in [0.25, 0.3) is 0 Å². The minimum Gasteiger partial charge on any atom is -0.478 e. The van der Waals surface area contributed by atoms with Gasteiger partial charge in [0.1, 0.15) is 0 Å². The zero-order valence-corrected chi connectivity index (χ0v) is 11.5. The summed E-state index contributed by atoms with van der Waals surface area (Å²) in [5.74, 6) is -0.865. The lowest BCUT2D eigenvalue weighted by Crippen LogP contribution is -2.27. The molecule has 102 valence electrons. The van der Waals surface area contributed by atoms with Gasteiger partial charge in [-0.1, -0.05) is 36.4 Å². The minimum atomic E-state index is -0.865. The molecule has 2 aliphatic rings. The predicted molar refractivity (Wildman–Crippen MR) is 81.3 cm³/mol. The summed E-state index contributed by atoms with van der Waals surface area (Å²) in [6.07, 6.45) is 9.57. The van der Waals surface area contributed by atoms with Crippen LogP contribution >= 0.6 is 12.4 Å². The van der Waals surface area contributed by atoms with Crippen molar-refractivity contribution in [2.45, 2.75) is 0 Å². The lowest BCUT2D eigenvalue weighted by molar-refractivity contribution is -0.132. The molecule has 3 rings (SSSR count). The van der Waals surface area contributed by atoms with E-state index < -0.39 is 5.97 Å². The maximum absolute atomic E-state index is 11.2. The summed E-state index contributed by atoms with van der Waals surface area (Å²) in [6.45, 7) is 0.405. The van der Waals surface area contributed by atoms with Crippen molar-refractivity contribution in [3.8, 4) is 0 Å². The molecule has 0 atom stereocenters. The van der Waals surface area contributed by atoms with Crippen LogP contribution < -0.4 is 0 Å². The third kappa shape index (κ3) is 2.53. The van der Waals surface area contributed by atoms with E-state index >= 15 is 0 Å². The Hall–Kier alpha value is -2.26. The van der Waals surface area contributed by atoms with Gasteiger partial charge in [-0.3, -0.25) is 0 Å². The van der Waals surface area contributed by atoms with Crippen LogP contribution in [0.1, 0.15) is 5.56 Å². The number of nitrogens with zero attached hydrogens (tertiary/aromatic N) is 1. The number of allylic oxidation sites excluding steroid dienone is 5. The second-order valence-corrected chi connectivity index (χ2v) is 4.47. The van der Waals surface area contributed by atoms with Crippen LogP contribution in [0.4, 0.5) is 0 Å². The van der Waals surface area contributed by atoms with Gasteiger partial charge in [0.05, 0.1) is 12.1 Å². The van der Waals surface area contributed by atoms with Gasteiger partial charge in [0.2, 0.25) is 0 Å². The Bertz CT molecular complexity index is 642. The molecule has 0 fully saturated rings. The number of hydrogen-bond acceptors (Lipinski definition) is 2. The first-order valence-electron chi connectivity index (χ1n) is 6.11. The van der Waals surface area contributed by atoms with Gasteiger partial charge < -0.3 is 10.0 Å². The first kappa shape index (κ1) is 14.2. The monoisotopic (exact) mass is 287 g/mol. The fourth-order valence-corrected chi connectivity index (χ4v) is 2.31. The smallest absolute Gasteiger partial charge is 0.333 e. The van der Waals surface area contributed by atoms with Crippen molar-refractivity contribution in [1.29, 1.82) is 0 Å². The van der Waals surface area contributed by atoms with Crippen LogP contribution in [-0.2, 0) is 4.79 Å². The van der Waals surface area contributed by atoms with Gasteiger partial charge in [0, 0.05) is 17.5 Å². The number of rotatable bonds is 2. The van der Waals surface area contributed by atoms with Gasteiger partial charge in [-0.25, -0.2) is 4.79 Å². The topological polar surface area (TPSA) is 40.5 Å². The van der Waals surface area contributed by atoms with Crippen LogP contribution in [0.5, 0.6) is 0 Å². The van der Waals surface area contributed by atoms with Gasteiger partial charge in [-0.2, -0.15) is 0 Å². The van der Waals surface area contributed by atoms with Gasteiger partial charge >= 0.3 is 5.97 Å². The molecule has 0 saturated heterocycles. The van der Waals surface area contributed by atoms with Crippen molar-refractivity contribution in [2.75, 3.05) is 6.54 Å². The molecule has 3 nitrogen and oxygen atoms in total. The number of halogens is 1. The summed E-state index contributed by atoms with van der Waals surface area (Å²) in [7, 11) is 0. The van der Waals surface area contributed by atoms with Crippen LogP contribution in [-0.4, -0.2) is 22.5 Å². The first-order chi connectivity index (χ1) is 9.25. The SMILES string of the molecule is Cl.O=C(O)C1=CC(c2ccccc2)=C2C=CC=CN2C1. The molecule has 20 heavy (non-hydrogen) atoms. The Morgan fingerprint density at radius 1 is 1.15 bits per heavy atom. The Labute approximate surface area is 123 Å². The highest BCUT2D eigenvalue weighted by Crippen LogP contribution is 2.31. The summed E-state index contributed by atoms with van der Waals surface area (Å²) in [6, 6.07) is 9.85. The maximum atomic E-state index is 11.2. The molecule has 0 spiro atoms. The molecule has 1 N–H and O–H groups in total. The Morgan fingerprint density at radius 2 is 1.90 bits per heavy atom. The van der Waals surface area contributed by atoms with Crippen molar-refractivity contribution in [1.82, 2.24) is 4.90 Å². The van der Waals surface area contributed by atoms with E-state index in [1.165, 1.54) is 0 Å². The largest absolute Gasteiger partial charge is 0.478 e. The molecular formula is C16H14ClNO2. The van der Waals surface area contributed by atoms with Crippen molar-refractivity contribution >= 4 is 23.9 Å². The number of carboxylic acid groups (broad SMARTS) is 1. The molecule has 1 aromatic rings. The van der Waals surface area contributed by atoms with E-state index in [2.05, 4.69) is 0 Å². The van der Waals surface area contributed by atoms with Crippen molar-refractivity contribution in [2.24, 2.45) is 0 Å². The molecule has 0 unspecified atom stereocenters. The van der Waals surface area contributed by atoms with E-state index in [4.69, 9.17) is 0 Å². The summed E-state index contributed by atoms with van der Waals surface area (Å²) >= 11 is 0. The number of aliphatic carboxylic acids is 1. The molecule has 1 aromatic carbocycles. The quantitative estimate of drug-likeness (QED) is 0.908. The zero-order chi connectivity index (χ0) is 13.2. The summed E-state index contributed by atoms with van der Waals surface area (Å²) in [5.41, 5.74) is 3.42. The second-order valence-electron chi connectivity index (χ2n) is 4.47. The minimum absolute atomic E-state index is 0. The Kier molecular flexibility index (Phi) is 4.11. The van der Waals surface area contributed by atoms with Crippen molar-refractivity contribution < 1.29 is 9.90 Å².